The lowest BCUT2D eigenvalue weighted by Crippen LogP contribution is -2.49. The minimum absolute atomic E-state index is 0.201. The zero-order chi connectivity index (χ0) is 13.4. The second-order valence-electron chi connectivity index (χ2n) is 3.98. The van der Waals surface area contributed by atoms with Crippen molar-refractivity contribution >= 4 is 17.7 Å². The second kappa shape index (κ2) is 7.44. The molecule has 0 saturated carbocycles. The first-order valence-electron chi connectivity index (χ1n) is 6.12. The van der Waals surface area contributed by atoms with Crippen LogP contribution < -0.4 is 5.32 Å². The van der Waals surface area contributed by atoms with Crippen molar-refractivity contribution < 1.29 is 9.53 Å². The van der Waals surface area contributed by atoms with Crippen LogP contribution in [0.15, 0.2) is 30.3 Å². The van der Waals surface area contributed by atoms with Crippen molar-refractivity contribution in [3.8, 4) is 0 Å². The van der Waals surface area contributed by atoms with E-state index in [0.717, 1.165) is 11.3 Å². The van der Waals surface area contributed by atoms with Crippen LogP contribution in [-0.2, 0) is 15.1 Å². The van der Waals surface area contributed by atoms with Gasteiger partial charge in [0.05, 0.1) is 6.61 Å². The van der Waals surface area contributed by atoms with Gasteiger partial charge in [-0.15, -0.1) is 0 Å². The number of carbonyl (C=O) groups is 1. The molecule has 1 rings (SSSR count). The Balaban J connectivity index is 3.09. The Morgan fingerprint density at radius 3 is 2.56 bits per heavy atom. The van der Waals surface area contributed by atoms with Crippen LogP contribution in [0, 0.1) is 0 Å². The van der Waals surface area contributed by atoms with Crippen molar-refractivity contribution in [3.05, 3.63) is 35.9 Å². The highest BCUT2D eigenvalue weighted by atomic mass is 32.2. The Morgan fingerprint density at radius 2 is 2.06 bits per heavy atom. The van der Waals surface area contributed by atoms with E-state index in [-0.39, 0.29) is 5.97 Å². The number of nitrogens with one attached hydrogen (secondary N) is 1. The molecule has 0 aliphatic carbocycles. The Labute approximate surface area is 113 Å². The van der Waals surface area contributed by atoms with Gasteiger partial charge in [0.25, 0.3) is 0 Å². The molecule has 100 valence electrons. The number of likely N-dealkylation sites (N-methyl/N-ethyl adjacent to an activating group) is 1. The Hall–Kier alpha value is -1.00. The number of benzene rings is 1. The van der Waals surface area contributed by atoms with E-state index in [1.807, 2.05) is 50.6 Å². The second-order valence-corrected chi connectivity index (χ2v) is 4.97. The average molecular weight is 267 g/mol. The lowest BCUT2D eigenvalue weighted by Gasteiger charge is -2.31. The number of esters is 1. The highest BCUT2D eigenvalue weighted by Gasteiger charge is 2.39. The molecule has 1 unspecified atom stereocenters. The molecule has 1 atom stereocenters. The first kappa shape index (κ1) is 15.1. The molecule has 0 aliphatic heterocycles. The van der Waals surface area contributed by atoms with E-state index in [2.05, 4.69) is 5.32 Å². The molecule has 18 heavy (non-hydrogen) atoms. The summed E-state index contributed by atoms with van der Waals surface area (Å²) in [5.41, 5.74) is 0.223. The molecule has 0 radical (unpaired) electrons. The Kier molecular flexibility index (Phi) is 6.22. The topological polar surface area (TPSA) is 38.3 Å². The minimum Gasteiger partial charge on any atom is -0.464 e. The van der Waals surface area contributed by atoms with Gasteiger partial charge >= 0.3 is 5.97 Å². The summed E-state index contributed by atoms with van der Waals surface area (Å²) in [5, 5.41) is 3.16. The molecule has 0 saturated heterocycles. The van der Waals surface area contributed by atoms with Crippen LogP contribution in [0.5, 0.6) is 0 Å². The van der Waals surface area contributed by atoms with Crippen LogP contribution >= 0.6 is 11.8 Å². The number of hydrogen-bond acceptors (Lipinski definition) is 4. The molecule has 0 aromatic heterocycles. The molecule has 3 nitrogen and oxygen atoms in total. The molecule has 1 aromatic carbocycles. The van der Waals surface area contributed by atoms with Crippen LogP contribution in [0.25, 0.3) is 0 Å². The first-order chi connectivity index (χ1) is 8.71. The molecule has 1 N–H and O–H groups in total. The van der Waals surface area contributed by atoms with Crippen molar-refractivity contribution in [2.24, 2.45) is 0 Å². The van der Waals surface area contributed by atoms with E-state index < -0.39 is 5.54 Å². The predicted molar refractivity (Wildman–Crippen MR) is 76.8 cm³/mol. The standard InChI is InChI=1S/C14H21NO2S/c1-4-17-13(16)14(15-2,10-11-18-3)12-8-6-5-7-9-12/h5-9,15H,4,10-11H2,1-3H3. The van der Waals surface area contributed by atoms with Gasteiger partial charge in [0.1, 0.15) is 5.54 Å². The van der Waals surface area contributed by atoms with E-state index in [0.29, 0.717) is 13.0 Å². The number of thioether (sulfide) groups is 1. The normalized spacial score (nSPS) is 13.9. The van der Waals surface area contributed by atoms with Gasteiger partial charge in [0, 0.05) is 0 Å². The molecule has 0 aliphatic rings. The lowest BCUT2D eigenvalue weighted by molar-refractivity contribution is -0.151. The Morgan fingerprint density at radius 1 is 1.39 bits per heavy atom. The summed E-state index contributed by atoms with van der Waals surface area (Å²) in [4.78, 5) is 12.3. The van der Waals surface area contributed by atoms with Gasteiger partial charge in [-0.3, -0.25) is 0 Å². The number of hydrogen-bond donors (Lipinski definition) is 1. The van der Waals surface area contributed by atoms with Gasteiger partial charge in [-0.05, 0) is 38.0 Å². The van der Waals surface area contributed by atoms with Gasteiger partial charge in [-0.2, -0.15) is 11.8 Å². The third-order valence-corrected chi connectivity index (χ3v) is 3.61. The molecule has 0 spiro atoms. The van der Waals surface area contributed by atoms with Crippen LogP contribution in [0.3, 0.4) is 0 Å². The largest absolute Gasteiger partial charge is 0.464 e. The fourth-order valence-corrected chi connectivity index (χ4v) is 2.48. The minimum atomic E-state index is -0.736. The highest BCUT2D eigenvalue weighted by Crippen LogP contribution is 2.27. The maximum atomic E-state index is 12.3. The van der Waals surface area contributed by atoms with E-state index in [4.69, 9.17) is 4.74 Å². The van der Waals surface area contributed by atoms with Crippen molar-refractivity contribution in [2.75, 3.05) is 25.7 Å². The van der Waals surface area contributed by atoms with Crippen molar-refractivity contribution in [2.45, 2.75) is 18.9 Å². The van der Waals surface area contributed by atoms with Gasteiger partial charge in [0.2, 0.25) is 0 Å². The third kappa shape index (κ3) is 3.27. The summed E-state index contributed by atoms with van der Waals surface area (Å²) in [6, 6.07) is 9.77. The SMILES string of the molecule is CCOC(=O)C(CCSC)(NC)c1ccccc1. The van der Waals surface area contributed by atoms with Crippen molar-refractivity contribution in [1.29, 1.82) is 0 Å². The molecule has 0 bridgehead atoms. The van der Waals surface area contributed by atoms with Crippen LogP contribution in [0.4, 0.5) is 0 Å². The van der Waals surface area contributed by atoms with Crippen molar-refractivity contribution in [3.63, 3.8) is 0 Å². The highest BCUT2D eigenvalue weighted by molar-refractivity contribution is 7.98. The fourth-order valence-electron chi connectivity index (χ4n) is 1.97. The summed E-state index contributed by atoms with van der Waals surface area (Å²) in [6.07, 6.45) is 2.75. The molecular formula is C14H21NO2S. The van der Waals surface area contributed by atoms with Gasteiger partial charge < -0.3 is 10.1 Å². The zero-order valence-corrected chi connectivity index (χ0v) is 12.0. The first-order valence-corrected chi connectivity index (χ1v) is 7.51. The molecule has 0 heterocycles. The van der Waals surface area contributed by atoms with E-state index in [9.17, 15) is 4.79 Å². The van der Waals surface area contributed by atoms with E-state index in [1.54, 1.807) is 11.8 Å². The van der Waals surface area contributed by atoms with Gasteiger partial charge in [-0.1, -0.05) is 30.3 Å². The van der Waals surface area contributed by atoms with Crippen molar-refractivity contribution in [1.82, 2.24) is 5.32 Å². The maximum Gasteiger partial charge on any atom is 0.331 e. The predicted octanol–water partition coefficient (Wildman–Crippen LogP) is 2.42. The number of carbonyl (C=O) groups excluding carboxylic acids is 1. The quantitative estimate of drug-likeness (QED) is 0.770. The zero-order valence-electron chi connectivity index (χ0n) is 11.2. The van der Waals surface area contributed by atoms with E-state index in [1.165, 1.54) is 0 Å². The van der Waals surface area contributed by atoms with Crippen LogP contribution in [0.2, 0.25) is 0 Å². The van der Waals surface area contributed by atoms with Crippen LogP contribution in [0.1, 0.15) is 18.9 Å². The average Bonchev–Trinajstić information content (AvgIpc) is 2.42. The Bertz CT molecular complexity index is 369. The lowest BCUT2D eigenvalue weighted by atomic mass is 9.87. The third-order valence-electron chi connectivity index (χ3n) is 3.00. The summed E-state index contributed by atoms with van der Waals surface area (Å²) in [5.74, 6) is 0.696. The van der Waals surface area contributed by atoms with E-state index >= 15 is 0 Å². The van der Waals surface area contributed by atoms with Crippen LogP contribution in [-0.4, -0.2) is 31.6 Å². The fraction of sp³-hybridized carbons (Fsp3) is 0.500. The molecule has 0 fully saturated rings. The molecule has 1 aromatic rings. The summed E-state index contributed by atoms with van der Waals surface area (Å²) < 4.78 is 5.24. The molecular weight excluding hydrogens is 246 g/mol. The summed E-state index contributed by atoms with van der Waals surface area (Å²) in [7, 11) is 1.81. The summed E-state index contributed by atoms with van der Waals surface area (Å²) >= 11 is 1.73. The maximum absolute atomic E-state index is 12.3. The monoisotopic (exact) mass is 267 g/mol. The number of ether oxygens (including phenoxy) is 1. The smallest absolute Gasteiger partial charge is 0.331 e. The molecule has 0 amide bonds. The molecule has 4 heteroatoms. The number of rotatable bonds is 7. The summed E-state index contributed by atoms with van der Waals surface area (Å²) in [6.45, 7) is 2.23. The van der Waals surface area contributed by atoms with Gasteiger partial charge in [0.15, 0.2) is 0 Å². The van der Waals surface area contributed by atoms with Gasteiger partial charge in [-0.25, -0.2) is 4.79 Å².